The van der Waals surface area contributed by atoms with E-state index in [-0.39, 0.29) is 32.1 Å². The minimum absolute atomic E-state index is 0.0968. The maximum absolute atomic E-state index is 11.3. The van der Waals surface area contributed by atoms with Gasteiger partial charge < -0.3 is 25.2 Å². The number of aliphatic hydroxyl groups is 1. The number of rotatable bonds is 3. The molecule has 9 heteroatoms. The van der Waals surface area contributed by atoms with Crippen molar-refractivity contribution in [1.82, 2.24) is 10.2 Å². The van der Waals surface area contributed by atoms with E-state index in [0.29, 0.717) is 15.6 Å². The van der Waals surface area contributed by atoms with Gasteiger partial charge in [-0.15, -0.1) is 0 Å². The molecule has 1 aromatic carbocycles. The fraction of sp³-hybridized carbons (Fsp3) is 0.467. The van der Waals surface area contributed by atoms with Gasteiger partial charge in [0.15, 0.2) is 0 Å². The fourth-order valence-corrected chi connectivity index (χ4v) is 2.91. The number of carbonyl (C=O) groups excluding carboxylic acids is 1. The van der Waals surface area contributed by atoms with Crippen LogP contribution in [0, 0.1) is 0 Å². The minimum Gasteiger partial charge on any atom is -0.465 e. The molecule has 24 heavy (non-hydrogen) atoms. The number of nitrogens with one attached hydrogen (secondary N) is 1. The lowest BCUT2D eigenvalue weighted by molar-refractivity contribution is -0.124. The first-order valence-electron chi connectivity index (χ1n) is 7.24. The van der Waals surface area contributed by atoms with Gasteiger partial charge in [-0.25, -0.2) is 4.79 Å². The SMILES string of the molecule is CC(=O)NC[C@@]1(O)CN(C(=O)O)CCO[C@@H]1c1ccc(Cl)c(Cl)c1. The molecule has 3 N–H and O–H groups in total. The highest BCUT2D eigenvalue weighted by Gasteiger charge is 2.43. The van der Waals surface area contributed by atoms with Crippen molar-refractivity contribution in [2.45, 2.75) is 18.6 Å². The third-order valence-electron chi connectivity index (χ3n) is 3.76. The first kappa shape index (κ1) is 18.8. The van der Waals surface area contributed by atoms with Gasteiger partial charge in [0.1, 0.15) is 11.7 Å². The third kappa shape index (κ3) is 4.30. The molecule has 0 aromatic heterocycles. The Morgan fingerprint density at radius 1 is 1.42 bits per heavy atom. The smallest absolute Gasteiger partial charge is 0.407 e. The van der Waals surface area contributed by atoms with Crippen molar-refractivity contribution < 1.29 is 24.5 Å². The molecule has 0 unspecified atom stereocenters. The van der Waals surface area contributed by atoms with Crippen LogP contribution >= 0.6 is 23.2 Å². The first-order valence-corrected chi connectivity index (χ1v) is 8.00. The Morgan fingerprint density at radius 3 is 2.71 bits per heavy atom. The number of hydrogen-bond acceptors (Lipinski definition) is 4. The maximum atomic E-state index is 11.3. The highest BCUT2D eigenvalue weighted by Crippen LogP contribution is 2.35. The highest BCUT2D eigenvalue weighted by atomic mass is 35.5. The number of benzene rings is 1. The average Bonchev–Trinajstić information content (AvgIpc) is 2.68. The molecule has 1 aliphatic rings. The van der Waals surface area contributed by atoms with Crippen LogP contribution in [0.2, 0.25) is 10.0 Å². The van der Waals surface area contributed by atoms with Gasteiger partial charge in [-0.1, -0.05) is 29.3 Å². The zero-order chi connectivity index (χ0) is 17.9. The van der Waals surface area contributed by atoms with Crippen molar-refractivity contribution in [1.29, 1.82) is 0 Å². The van der Waals surface area contributed by atoms with E-state index in [1.165, 1.54) is 6.92 Å². The molecule has 2 rings (SSSR count). The molecular weight excluding hydrogens is 359 g/mol. The van der Waals surface area contributed by atoms with Crippen LogP contribution in [-0.4, -0.2) is 59.0 Å². The Hall–Kier alpha value is -1.54. The lowest BCUT2D eigenvalue weighted by Crippen LogP contribution is -2.54. The topological polar surface area (TPSA) is 99.1 Å². The van der Waals surface area contributed by atoms with Crippen LogP contribution in [0.5, 0.6) is 0 Å². The average molecular weight is 377 g/mol. The molecular formula is C15H18Cl2N2O5. The Bertz CT molecular complexity index is 642. The van der Waals surface area contributed by atoms with Crippen molar-refractivity contribution in [3.63, 3.8) is 0 Å². The summed E-state index contributed by atoms with van der Waals surface area (Å²) in [5.74, 6) is -0.345. The largest absolute Gasteiger partial charge is 0.465 e. The Kier molecular flexibility index (Phi) is 5.92. The zero-order valence-electron chi connectivity index (χ0n) is 13.0. The summed E-state index contributed by atoms with van der Waals surface area (Å²) >= 11 is 11.9. The molecule has 0 aliphatic carbocycles. The fourth-order valence-electron chi connectivity index (χ4n) is 2.60. The van der Waals surface area contributed by atoms with Crippen LogP contribution < -0.4 is 5.32 Å². The predicted molar refractivity (Wildman–Crippen MR) is 88.4 cm³/mol. The second kappa shape index (κ2) is 7.57. The van der Waals surface area contributed by atoms with Gasteiger partial charge in [-0.3, -0.25) is 4.79 Å². The molecule has 0 bridgehead atoms. The Morgan fingerprint density at radius 2 is 2.12 bits per heavy atom. The molecule has 7 nitrogen and oxygen atoms in total. The summed E-state index contributed by atoms with van der Waals surface area (Å²) in [6, 6.07) is 4.78. The molecule has 1 aromatic rings. The number of hydrogen-bond donors (Lipinski definition) is 3. The summed E-state index contributed by atoms with van der Waals surface area (Å²) < 4.78 is 5.70. The summed E-state index contributed by atoms with van der Waals surface area (Å²) in [6.07, 6.45) is -2.04. The second-order valence-electron chi connectivity index (χ2n) is 5.64. The summed E-state index contributed by atoms with van der Waals surface area (Å²) in [5, 5.41) is 23.5. The molecule has 2 amide bonds. The molecule has 1 saturated heterocycles. The number of halogens is 2. The van der Waals surface area contributed by atoms with Gasteiger partial charge >= 0.3 is 6.09 Å². The quantitative estimate of drug-likeness (QED) is 0.748. The molecule has 0 spiro atoms. The molecule has 1 aliphatic heterocycles. The third-order valence-corrected chi connectivity index (χ3v) is 4.50. The van der Waals surface area contributed by atoms with Crippen molar-refractivity contribution in [2.24, 2.45) is 0 Å². The standard InChI is InChI=1S/C15H18Cl2N2O5/c1-9(20)18-7-15(23)8-19(14(21)22)4-5-24-13(15)10-2-3-11(16)12(17)6-10/h2-3,6,13,23H,4-5,7-8H2,1H3,(H,18,20)(H,21,22)/t13-,15-/m1/s1. The van der Waals surface area contributed by atoms with Gasteiger partial charge in [0, 0.05) is 13.5 Å². The number of amides is 2. The van der Waals surface area contributed by atoms with E-state index in [1.54, 1.807) is 18.2 Å². The maximum Gasteiger partial charge on any atom is 0.407 e. The predicted octanol–water partition coefficient (Wildman–Crippen LogP) is 1.91. The van der Waals surface area contributed by atoms with Gasteiger partial charge in [-0.05, 0) is 17.7 Å². The van der Waals surface area contributed by atoms with E-state index in [4.69, 9.17) is 27.9 Å². The van der Waals surface area contributed by atoms with E-state index < -0.39 is 17.8 Å². The molecule has 0 radical (unpaired) electrons. The van der Waals surface area contributed by atoms with Crippen LogP contribution in [0.1, 0.15) is 18.6 Å². The van der Waals surface area contributed by atoms with E-state index in [1.807, 2.05) is 0 Å². The van der Waals surface area contributed by atoms with E-state index >= 15 is 0 Å². The summed E-state index contributed by atoms with van der Waals surface area (Å²) in [6.45, 7) is 1.13. The lowest BCUT2D eigenvalue weighted by Gasteiger charge is -2.36. The Labute approximate surface area is 149 Å². The van der Waals surface area contributed by atoms with Crippen molar-refractivity contribution in [3.05, 3.63) is 33.8 Å². The lowest BCUT2D eigenvalue weighted by atomic mass is 9.90. The minimum atomic E-state index is -1.66. The van der Waals surface area contributed by atoms with E-state index in [2.05, 4.69) is 5.32 Å². The molecule has 2 atom stereocenters. The zero-order valence-corrected chi connectivity index (χ0v) is 14.5. The Balaban J connectivity index is 2.38. The molecule has 0 saturated carbocycles. The van der Waals surface area contributed by atoms with E-state index in [0.717, 1.165) is 4.90 Å². The molecule has 132 valence electrons. The van der Waals surface area contributed by atoms with Crippen molar-refractivity contribution >= 4 is 35.2 Å². The summed E-state index contributed by atoms with van der Waals surface area (Å²) in [4.78, 5) is 23.6. The normalized spacial score (nSPS) is 24.3. The molecule has 1 heterocycles. The van der Waals surface area contributed by atoms with Gasteiger partial charge in [0.25, 0.3) is 0 Å². The van der Waals surface area contributed by atoms with Gasteiger partial charge in [-0.2, -0.15) is 0 Å². The number of carboxylic acid groups (broad SMARTS) is 1. The highest BCUT2D eigenvalue weighted by molar-refractivity contribution is 6.42. The molecule has 1 fully saturated rings. The van der Waals surface area contributed by atoms with Crippen molar-refractivity contribution in [2.75, 3.05) is 26.2 Å². The van der Waals surface area contributed by atoms with Crippen LogP contribution in [0.25, 0.3) is 0 Å². The van der Waals surface area contributed by atoms with E-state index in [9.17, 15) is 19.8 Å². The van der Waals surface area contributed by atoms with Crippen LogP contribution in [-0.2, 0) is 9.53 Å². The van der Waals surface area contributed by atoms with Gasteiger partial charge in [0.05, 0.1) is 29.7 Å². The first-order chi connectivity index (χ1) is 11.2. The van der Waals surface area contributed by atoms with Gasteiger partial charge in [0.2, 0.25) is 5.91 Å². The number of ether oxygens (including phenoxy) is 1. The summed E-state index contributed by atoms with van der Waals surface area (Å²) in [5.41, 5.74) is -1.11. The second-order valence-corrected chi connectivity index (χ2v) is 6.46. The monoisotopic (exact) mass is 376 g/mol. The van der Waals surface area contributed by atoms with Crippen LogP contribution in [0.3, 0.4) is 0 Å². The number of carbonyl (C=O) groups is 2. The number of nitrogens with zero attached hydrogens (tertiary/aromatic N) is 1. The number of β-amino-alcohol motifs (C(OH)–C–C–N with tert-alkyl or cyclic N) is 1. The van der Waals surface area contributed by atoms with Crippen LogP contribution in [0.4, 0.5) is 4.79 Å². The van der Waals surface area contributed by atoms with Crippen LogP contribution in [0.15, 0.2) is 18.2 Å². The van der Waals surface area contributed by atoms with Crippen molar-refractivity contribution in [3.8, 4) is 0 Å². The summed E-state index contributed by atoms with van der Waals surface area (Å²) in [7, 11) is 0.